The van der Waals surface area contributed by atoms with Gasteiger partial charge in [-0.15, -0.1) is 13.2 Å². The Kier molecular flexibility index (Phi) is 3.61. The largest absolute Gasteiger partial charge is 0.573 e. The molecule has 2 aromatic rings. The second kappa shape index (κ2) is 4.98. The molecule has 2 rings (SSSR count). The van der Waals surface area contributed by atoms with Crippen molar-refractivity contribution < 1.29 is 17.9 Å². The third-order valence-electron chi connectivity index (χ3n) is 2.90. The van der Waals surface area contributed by atoms with Crippen molar-refractivity contribution >= 4 is 5.82 Å². The summed E-state index contributed by atoms with van der Waals surface area (Å²) in [7, 11) is 0. The highest BCUT2D eigenvalue weighted by atomic mass is 19.4. The Bertz CT molecular complexity index is 642. The Balaban J connectivity index is 2.51. The Morgan fingerprint density at radius 1 is 1.14 bits per heavy atom. The van der Waals surface area contributed by atoms with Crippen molar-refractivity contribution in [1.82, 2.24) is 9.55 Å². The van der Waals surface area contributed by atoms with Gasteiger partial charge in [-0.05, 0) is 32.9 Å². The maximum absolute atomic E-state index is 12.5. The van der Waals surface area contributed by atoms with E-state index in [0.29, 0.717) is 5.82 Å². The van der Waals surface area contributed by atoms with Crippen LogP contribution in [0.4, 0.5) is 19.0 Å². The number of anilines is 1. The summed E-state index contributed by atoms with van der Waals surface area (Å²) in [6, 6.07) is 5.79. The average molecular weight is 299 g/mol. The number of alkyl halides is 3. The number of hydrogen-bond acceptors (Lipinski definition) is 3. The Hall–Kier alpha value is -2.18. The van der Waals surface area contributed by atoms with Crippen molar-refractivity contribution in [2.75, 3.05) is 5.73 Å². The third-order valence-corrected chi connectivity index (χ3v) is 2.90. The summed E-state index contributed by atoms with van der Waals surface area (Å²) in [5.74, 6) is -0.0309. The van der Waals surface area contributed by atoms with Crippen LogP contribution in [0, 0.1) is 0 Å². The van der Waals surface area contributed by atoms with Gasteiger partial charge in [-0.3, -0.25) is 0 Å². The number of nitrogens with zero attached hydrogens (tertiary/aromatic N) is 2. The van der Waals surface area contributed by atoms with Crippen molar-refractivity contribution in [2.24, 2.45) is 0 Å². The summed E-state index contributed by atoms with van der Waals surface area (Å²) in [4.78, 5) is 4.13. The van der Waals surface area contributed by atoms with Gasteiger partial charge in [0.05, 0.1) is 6.33 Å². The van der Waals surface area contributed by atoms with Crippen LogP contribution in [-0.2, 0) is 5.54 Å². The molecule has 0 bridgehead atoms. The van der Waals surface area contributed by atoms with Gasteiger partial charge in [0.25, 0.3) is 0 Å². The fourth-order valence-corrected chi connectivity index (χ4v) is 1.98. The van der Waals surface area contributed by atoms with E-state index in [2.05, 4.69) is 9.72 Å². The molecule has 0 spiro atoms. The molecule has 0 aliphatic carbocycles. The molecule has 0 radical (unpaired) electrons. The van der Waals surface area contributed by atoms with E-state index in [1.807, 2.05) is 20.8 Å². The Labute approximate surface area is 120 Å². The maximum Gasteiger partial charge on any atom is 0.573 e. The monoisotopic (exact) mass is 299 g/mol. The van der Waals surface area contributed by atoms with E-state index < -0.39 is 6.36 Å². The highest BCUT2D eigenvalue weighted by Crippen LogP contribution is 2.36. The maximum atomic E-state index is 12.5. The van der Waals surface area contributed by atoms with Crippen LogP contribution < -0.4 is 10.5 Å². The predicted octanol–water partition coefficient (Wildman–Crippen LogP) is 3.79. The molecule has 0 saturated carbocycles. The SMILES string of the molecule is CC(C)(C)n1cnc(-c2ccccc2OC(F)(F)F)c1N. The van der Waals surface area contributed by atoms with Gasteiger partial charge >= 0.3 is 6.36 Å². The molecule has 0 saturated heterocycles. The van der Waals surface area contributed by atoms with Crippen LogP contribution in [0.15, 0.2) is 30.6 Å². The number of benzene rings is 1. The molecule has 0 atom stereocenters. The van der Waals surface area contributed by atoms with E-state index in [-0.39, 0.29) is 22.5 Å². The highest BCUT2D eigenvalue weighted by Gasteiger charge is 2.33. The van der Waals surface area contributed by atoms with Gasteiger partial charge in [-0.25, -0.2) is 4.98 Å². The molecule has 1 aromatic heterocycles. The van der Waals surface area contributed by atoms with Gasteiger partial charge in [0, 0.05) is 11.1 Å². The first-order chi connectivity index (χ1) is 9.59. The minimum absolute atomic E-state index is 0.204. The smallest absolute Gasteiger partial charge is 0.405 e. The zero-order valence-corrected chi connectivity index (χ0v) is 11.9. The van der Waals surface area contributed by atoms with Gasteiger partial charge < -0.3 is 15.0 Å². The number of hydrogen-bond donors (Lipinski definition) is 1. The summed E-state index contributed by atoms with van der Waals surface area (Å²) < 4.78 is 43.1. The standard InChI is InChI=1S/C14H16F3N3O/c1-13(2,3)20-8-19-11(12(20)18)9-6-4-5-7-10(9)21-14(15,16)17/h4-8H,18H2,1-3H3. The molecule has 0 fully saturated rings. The van der Waals surface area contributed by atoms with Gasteiger partial charge in [0.15, 0.2) is 0 Å². The molecule has 1 aromatic carbocycles. The minimum atomic E-state index is -4.77. The van der Waals surface area contributed by atoms with Crippen LogP contribution in [-0.4, -0.2) is 15.9 Å². The summed E-state index contributed by atoms with van der Waals surface area (Å²) in [5, 5.41) is 0. The Morgan fingerprint density at radius 2 is 1.76 bits per heavy atom. The number of ether oxygens (including phenoxy) is 1. The zero-order valence-electron chi connectivity index (χ0n) is 11.9. The lowest BCUT2D eigenvalue weighted by atomic mass is 10.1. The summed E-state index contributed by atoms with van der Waals surface area (Å²) in [5.41, 5.74) is 6.17. The van der Waals surface area contributed by atoms with E-state index in [4.69, 9.17) is 5.73 Å². The van der Waals surface area contributed by atoms with Gasteiger partial charge in [0.2, 0.25) is 0 Å². The number of nitrogens with two attached hydrogens (primary N) is 1. The number of imidazole rings is 1. The summed E-state index contributed by atoms with van der Waals surface area (Å²) >= 11 is 0. The summed E-state index contributed by atoms with van der Waals surface area (Å²) in [6.07, 6.45) is -3.26. The number of aromatic nitrogens is 2. The molecular formula is C14H16F3N3O. The predicted molar refractivity (Wildman–Crippen MR) is 73.8 cm³/mol. The molecule has 0 aliphatic rings. The van der Waals surface area contributed by atoms with E-state index in [0.717, 1.165) is 0 Å². The highest BCUT2D eigenvalue weighted by molar-refractivity contribution is 5.75. The molecule has 21 heavy (non-hydrogen) atoms. The molecule has 4 nitrogen and oxygen atoms in total. The van der Waals surface area contributed by atoms with E-state index in [1.165, 1.54) is 24.5 Å². The second-order valence-electron chi connectivity index (χ2n) is 5.56. The van der Waals surface area contributed by atoms with Crippen molar-refractivity contribution in [2.45, 2.75) is 32.7 Å². The minimum Gasteiger partial charge on any atom is -0.405 e. The molecule has 7 heteroatoms. The number of rotatable bonds is 2. The zero-order chi connectivity index (χ0) is 15.8. The number of nitrogen functional groups attached to an aromatic ring is 1. The van der Waals surface area contributed by atoms with Crippen molar-refractivity contribution in [3.05, 3.63) is 30.6 Å². The average Bonchev–Trinajstić information content (AvgIpc) is 2.69. The van der Waals surface area contributed by atoms with Crippen LogP contribution in [0.1, 0.15) is 20.8 Å². The van der Waals surface area contributed by atoms with Crippen LogP contribution in [0.5, 0.6) is 5.75 Å². The normalized spacial score (nSPS) is 12.5. The van der Waals surface area contributed by atoms with Gasteiger partial charge in [-0.2, -0.15) is 0 Å². The first-order valence-electron chi connectivity index (χ1n) is 6.28. The lowest BCUT2D eigenvalue weighted by Crippen LogP contribution is -2.22. The number of para-hydroxylation sites is 1. The molecule has 0 amide bonds. The fraction of sp³-hybridized carbons (Fsp3) is 0.357. The van der Waals surface area contributed by atoms with Crippen LogP contribution in [0.25, 0.3) is 11.3 Å². The van der Waals surface area contributed by atoms with Gasteiger partial charge in [0.1, 0.15) is 17.3 Å². The lowest BCUT2D eigenvalue weighted by molar-refractivity contribution is -0.274. The van der Waals surface area contributed by atoms with E-state index >= 15 is 0 Å². The number of halogens is 3. The first kappa shape index (κ1) is 15.2. The van der Waals surface area contributed by atoms with Crippen LogP contribution in [0.2, 0.25) is 0 Å². The molecule has 0 aliphatic heterocycles. The van der Waals surface area contributed by atoms with Crippen LogP contribution in [0.3, 0.4) is 0 Å². The van der Waals surface area contributed by atoms with Crippen molar-refractivity contribution in [3.63, 3.8) is 0 Å². The van der Waals surface area contributed by atoms with E-state index in [1.54, 1.807) is 10.6 Å². The van der Waals surface area contributed by atoms with Crippen molar-refractivity contribution in [3.8, 4) is 17.0 Å². The molecule has 1 heterocycles. The first-order valence-corrected chi connectivity index (χ1v) is 6.28. The molecule has 0 unspecified atom stereocenters. The summed E-state index contributed by atoms with van der Waals surface area (Å²) in [6.45, 7) is 5.77. The second-order valence-corrected chi connectivity index (χ2v) is 5.56. The molecular weight excluding hydrogens is 283 g/mol. The van der Waals surface area contributed by atoms with Gasteiger partial charge in [-0.1, -0.05) is 12.1 Å². The van der Waals surface area contributed by atoms with Crippen molar-refractivity contribution in [1.29, 1.82) is 0 Å². The lowest BCUT2D eigenvalue weighted by Gasteiger charge is -2.22. The third kappa shape index (κ3) is 3.29. The molecule has 2 N–H and O–H groups in total. The fourth-order valence-electron chi connectivity index (χ4n) is 1.98. The Morgan fingerprint density at radius 3 is 2.29 bits per heavy atom. The quantitative estimate of drug-likeness (QED) is 0.918. The van der Waals surface area contributed by atoms with Crippen LogP contribution >= 0.6 is 0 Å². The topological polar surface area (TPSA) is 53.1 Å². The molecule has 114 valence electrons. The van der Waals surface area contributed by atoms with E-state index in [9.17, 15) is 13.2 Å².